The number of rotatable bonds is 4. The van der Waals surface area contributed by atoms with Crippen molar-refractivity contribution in [3.8, 4) is 0 Å². The van der Waals surface area contributed by atoms with E-state index in [0.29, 0.717) is 30.3 Å². The Labute approximate surface area is 141 Å². The van der Waals surface area contributed by atoms with E-state index in [1.807, 2.05) is 30.9 Å². The molecular weight excluding hydrogens is 304 g/mol. The second kappa shape index (κ2) is 6.40. The van der Waals surface area contributed by atoms with Gasteiger partial charge in [-0.05, 0) is 63.3 Å². The molecule has 1 aliphatic rings. The van der Waals surface area contributed by atoms with Crippen molar-refractivity contribution < 1.29 is 14.7 Å². The molecule has 2 N–H and O–H groups in total. The van der Waals surface area contributed by atoms with Gasteiger partial charge in [-0.25, -0.2) is 0 Å². The Balaban J connectivity index is 1.68. The summed E-state index contributed by atoms with van der Waals surface area (Å²) in [4.78, 5) is 28.6. The minimum absolute atomic E-state index is 0.000520. The number of aliphatic hydroxyl groups is 1. The number of benzene rings is 1. The van der Waals surface area contributed by atoms with Crippen LogP contribution in [-0.4, -0.2) is 45.9 Å². The summed E-state index contributed by atoms with van der Waals surface area (Å²) in [5.74, 6) is 0.465. The van der Waals surface area contributed by atoms with Crippen LogP contribution in [0.25, 0.3) is 10.9 Å². The van der Waals surface area contributed by atoms with Crippen LogP contribution in [0.3, 0.4) is 0 Å². The minimum Gasteiger partial charge on any atom is -0.390 e. The largest absolute Gasteiger partial charge is 0.390 e. The van der Waals surface area contributed by atoms with Gasteiger partial charge in [0, 0.05) is 29.6 Å². The van der Waals surface area contributed by atoms with Gasteiger partial charge in [-0.3, -0.25) is 9.59 Å². The van der Waals surface area contributed by atoms with Crippen LogP contribution in [-0.2, 0) is 0 Å². The Kier molecular flexibility index (Phi) is 4.45. The molecule has 24 heavy (non-hydrogen) atoms. The van der Waals surface area contributed by atoms with Crippen molar-refractivity contribution in [1.29, 1.82) is 0 Å². The van der Waals surface area contributed by atoms with Crippen molar-refractivity contribution in [3.05, 3.63) is 35.5 Å². The number of amides is 1. The van der Waals surface area contributed by atoms with E-state index in [-0.39, 0.29) is 5.91 Å². The second-order valence-corrected chi connectivity index (χ2v) is 7.40. The number of carbonyl (C=O) groups is 2. The molecule has 0 unspecified atom stereocenters. The highest BCUT2D eigenvalue weighted by atomic mass is 16.3. The third-order valence-corrected chi connectivity index (χ3v) is 4.70. The van der Waals surface area contributed by atoms with E-state index in [2.05, 4.69) is 4.98 Å². The number of nitrogens with one attached hydrogen (secondary N) is 1. The average Bonchev–Trinajstić information content (AvgIpc) is 2.96. The van der Waals surface area contributed by atoms with E-state index >= 15 is 0 Å². The molecule has 1 amide bonds. The predicted octanol–water partition coefficient (Wildman–Crippen LogP) is 2.99. The third-order valence-electron chi connectivity index (χ3n) is 4.70. The van der Waals surface area contributed by atoms with Crippen molar-refractivity contribution >= 4 is 23.1 Å². The molecule has 2 aromatic rings. The SMILES string of the molecule is CC(C)(O)CC1CCN(C(=O)c2cc3cc(C=O)ccc3[nH]2)CC1. The highest BCUT2D eigenvalue weighted by molar-refractivity contribution is 5.99. The Morgan fingerprint density at radius 1 is 1.33 bits per heavy atom. The first-order chi connectivity index (χ1) is 11.4. The molecule has 1 saturated heterocycles. The van der Waals surface area contributed by atoms with Crippen LogP contribution in [0.15, 0.2) is 24.3 Å². The molecule has 0 aliphatic carbocycles. The quantitative estimate of drug-likeness (QED) is 0.847. The number of fused-ring (bicyclic) bond motifs is 1. The average molecular weight is 328 g/mol. The van der Waals surface area contributed by atoms with E-state index in [1.54, 1.807) is 12.1 Å². The zero-order chi connectivity index (χ0) is 17.3. The molecule has 1 aromatic heterocycles. The van der Waals surface area contributed by atoms with Crippen LogP contribution in [0.2, 0.25) is 0 Å². The molecule has 0 atom stereocenters. The first-order valence-electron chi connectivity index (χ1n) is 8.45. The summed E-state index contributed by atoms with van der Waals surface area (Å²) < 4.78 is 0. The van der Waals surface area contributed by atoms with Crippen LogP contribution in [0.5, 0.6) is 0 Å². The molecule has 2 heterocycles. The van der Waals surface area contributed by atoms with Crippen molar-refractivity contribution in [2.24, 2.45) is 5.92 Å². The van der Waals surface area contributed by atoms with Gasteiger partial charge in [0.2, 0.25) is 0 Å². The fourth-order valence-electron chi connectivity index (χ4n) is 3.56. The minimum atomic E-state index is -0.648. The van der Waals surface area contributed by atoms with Gasteiger partial charge < -0.3 is 15.0 Å². The summed E-state index contributed by atoms with van der Waals surface area (Å²) in [5.41, 5.74) is 1.38. The Bertz CT molecular complexity index is 750. The number of likely N-dealkylation sites (tertiary alicyclic amines) is 1. The maximum absolute atomic E-state index is 12.7. The summed E-state index contributed by atoms with van der Waals surface area (Å²) in [6, 6.07) is 7.16. The van der Waals surface area contributed by atoms with E-state index in [9.17, 15) is 14.7 Å². The molecule has 0 saturated carbocycles. The molecule has 1 fully saturated rings. The van der Waals surface area contributed by atoms with Gasteiger partial charge in [-0.1, -0.05) is 0 Å². The van der Waals surface area contributed by atoms with Crippen LogP contribution in [0, 0.1) is 5.92 Å². The van der Waals surface area contributed by atoms with Gasteiger partial charge in [-0.2, -0.15) is 0 Å². The highest BCUT2D eigenvalue weighted by Gasteiger charge is 2.27. The number of carbonyl (C=O) groups excluding carboxylic acids is 2. The maximum atomic E-state index is 12.7. The zero-order valence-electron chi connectivity index (χ0n) is 14.2. The number of hydrogen-bond acceptors (Lipinski definition) is 3. The first-order valence-corrected chi connectivity index (χ1v) is 8.45. The fourth-order valence-corrected chi connectivity index (χ4v) is 3.56. The molecular formula is C19H24N2O3. The molecule has 5 nitrogen and oxygen atoms in total. The third kappa shape index (κ3) is 3.67. The molecule has 0 radical (unpaired) electrons. The van der Waals surface area contributed by atoms with Crippen LogP contribution in [0.1, 0.15) is 54.0 Å². The first kappa shape index (κ1) is 16.7. The summed E-state index contributed by atoms with van der Waals surface area (Å²) in [7, 11) is 0. The van der Waals surface area contributed by atoms with Gasteiger partial charge in [-0.15, -0.1) is 0 Å². The van der Waals surface area contributed by atoms with E-state index in [4.69, 9.17) is 0 Å². The number of aromatic amines is 1. The zero-order valence-corrected chi connectivity index (χ0v) is 14.2. The predicted molar refractivity (Wildman–Crippen MR) is 93.2 cm³/mol. The van der Waals surface area contributed by atoms with Crippen molar-refractivity contribution in [2.45, 2.75) is 38.7 Å². The van der Waals surface area contributed by atoms with Crippen molar-refractivity contribution in [3.63, 3.8) is 0 Å². The molecule has 0 bridgehead atoms. The van der Waals surface area contributed by atoms with E-state index < -0.39 is 5.60 Å². The number of hydrogen-bond donors (Lipinski definition) is 2. The topological polar surface area (TPSA) is 73.4 Å². The van der Waals surface area contributed by atoms with Gasteiger partial charge in [0.05, 0.1) is 5.60 Å². The Hall–Kier alpha value is -2.14. The number of H-pyrrole nitrogens is 1. The van der Waals surface area contributed by atoms with Gasteiger partial charge in [0.1, 0.15) is 12.0 Å². The molecule has 3 rings (SSSR count). The lowest BCUT2D eigenvalue weighted by Gasteiger charge is -2.34. The number of piperidine rings is 1. The fraction of sp³-hybridized carbons (Fsp3) is 0.474. The number of nitrogens with zero attached hydrogens (tertiary/aromatic N) is 1. The summed E-state index contributed by atoms with van der Waals surface area (Å²) in [6.45, 7) is 5.11. The second-order valence-electron chi connectivity index (χ2n) is 7.40. The lowest BCUT2D eigenvalue weighted by molar-refractivity contribution is 0.0357. The van der Waals surface area contributed by atoms with Crippen molar-refractivity contribution in [1.82, 2.24) is 9.88 Å². The van der Waals surface area contributed by atoms with E-state index in [1.165, 1.54) is 0 Å². The van der Waals surface area contributed by atoms with Gasteiger partial charge >= 0.3 is 0 Å². The van der Waals surface area contributed by atoms with Crippen LogP contribution < -0.4 is 0 Å². The summed E-state index contributed by atoms with van der Waals surface area (Å²) in [6.07, 6.45) is 3.42. The number of aldehydes is 1. The molecule has 5 heteroatoms. The normalized spacial score (nSPS) is 16.5. The van der Waals surface area contributed by atoms with Crippen molar-refractivity contribution in [2.75, 3.05) is 13.1 Å². The monoisotopic (exact) mass is 328 g/mol. The molecule has 1 aromatic carbocycles. The summed E-state index contributed by atoms with van der Waals surface area (Å²) >= 11 is 0. The molecule has 1 aliphatic heterocycles. The Morgan fingerprint density at radius 3 is 2.67 bits per heavy atom. The summed E-state index contributed by atoms with van der Waals surface area (Å²) in [5, 5.41) is 10.8. The maximum Gasteiger partial charge on any atom is 0.270 e. The Morgan fingerprint density at radius 2 is 2.04 bits per heavy atom. The molecule has 0 spiro atoms. The smallest absolute Gasteiger partial charge is 0.270 e. The lowest BCUT2D eigenvalue weighted by atomic mass is 9.86. The van der Waals surface area contributed by atoms with Gasteiger partial charge in [0.25, 0.3) is 5.91 Å². The lowest BCUT2D eigenvalue weighted by Crippen LogP contribution is -2.40. The molecule has 128 valence electrons. The van der Waals surface area contributed by atoms with Crippen LogP contribution >= 0.6 is 0 Å². The number of aromatic nitrogens is 1. The highest BCUT2D eigenvalue weighted by Crippen LogP contribution is 2.27. The van der Waals surface area contributed by atoms with Crippen LogP contribution in [0.4, 0.5) is 0 Å². The standard InChI is InChI=1S/C19H24N2O3/c1-19(2,24)11-13-5-7-21(8-6-13)18(23)17-10-15-9-14(12-22)3-4-16(15)20-17/h3-4,9-10,12-13,20,24H,5-8,11H2,1-2H3. The van der Waals surface area contributed by atoms with E-state index in [0.717, 1.165) is 36.5 Å². The van der Waals surface area contributed by atoms with Gasteiger partial charge in [0.15, 0.2) is 0 Å².